The third kappa shape index (κ3) is 3.02. The van der Waals surface area contributed by atoms with E-state index in [4.69, 9.17) is 18.0 Å². The lowest BCUT2D eigenvalue weighted by atomic mass is 9.40. The number of likely N-dealkylation sites (tertiary alicyclic amines) is 1. The zero-order valence-corrected chi connectivity index (χ0v) is 19.3. The van der Waals surface area contributed by atoms with Crippen LogP contribution in [0.2, 0.25) is 0 Å². The molecule has 0 radical (unpaired) electrons. The average Bonchev–Trinajstić information content (AvgIpc) is 2.70. The summed E-state index contributed by atoms with van der Waals surface area (Å²) < 4.78 is 0. The molecule has 3 atom stereocenters. The van der Waals surface area contributed by atoms with Gasteiger partial charge in [-0.1, -0.05) is 69.7 Å². The number of hydrogen-bond acceptors (Lipinski definition) is 2. The third-order valence-corrected chi connectivity index (χ3v) is 10.1. The molecule has 2 N–H and O–H groups in total. The van der Waals surface area contributed by atoms with Crippen LogP contribution in [0.1, 0.15) is 71.3 Å². The Morgan fingerprint density at radius 2 is 1.76 bits per heavy atom. The predicted molar refractivity (Wildman–Crippen MR) is 125 cm³/mol. The van der Waals surface area contributed by atoms with E-state index in [0.717, 1.165) is 37.3 Å². The van der Waals surface area contributed by atoms with Crippen molar-refractivity contribution >= 4 is 17.2 Å². The van der Waals surface area contributed by atoms with Gasteiger partial charge in [-0.25, -0.2) is 0 Å². The van der Waals surface area contributed by atoms with Gasteiger partial charge in [0.15, 0.2) is 0 Å². The Bertz CT molecular complexity index is 769. The van der Waals surface area contributed by atoms with Gasteiger partial charge < -0.3 is 10.6 Å². The van der Waals surface area contributed by atoms with Crippen LogP contribution in [0.3, 0.4) is 0 Å². The summed E-state index contributed by atoms with van der Waals surface area (Å²) in [5.74, 6) is 2.60. The second-order valence-corrected chi connectivity index (χ2v) is 12.0. The molecule has 4 aliphatic carbocycles. The highest BCUT2D eigenvalue weighted by Gasteiger charge is 2.63. The van der Waals surface area contributed by atoms with E-state index >= 15 is 0 Å². The maximum atomic E-state index is 6.44. The molecule has 0 spiro atoms. The quantitative estimate of drug-likeness (QED) is 0.663. The lowest BCUT2D eigenvalue weighted by molar-refractivity contribution is -0.0857. The molecule has 29 heavy (non-hydrogen) atoms. The molecule has 2 nitrogen and oxygen atoms in total. The van der Waals surface area contributed by atoms with Crippen molar-refractivity contribution in [2.75, 3.05) is 13.1 Å². The van der Waals surface area contributed by atoms with E-state index in [1.165, 1.54) is 43.5 Å². The van der Waals surface area contributed by atoms with Crippen LogP contribution in [-0.4, -0.2) is 29.0 Å². The van der Waals surface area contributed by atoms with Crippen LogP contribution < -0.4 is 5.73 Å². The minimum Gasteiger partial charge on any atom is -0.365 e. The van der Waals surface area contributed by atoms with Crippen molar-refractivity contribution in [1.29, 1.82) is 0 Å². The molecule has 158 valence electrons. The number of benzene rings is 1. The summed E-state index contributed by atoms with van der Waals surface area (Å²) in [6.07, 6.45) is 9.11. The standard InChI is InChI=1S/C26H38N2S/c1-4-21-18-12-25(20-8-6-5-7-9-20)13-19(21)15-26(14-18,16-25)23(29)28-11-10-22(27)24(2,3)17-28/h5-9,18-19,21-22H,4,10-17,27H2,1-3H3/t18?,19?,21?,22-,25?,26?/m0/s1. The molecule has 1 saturated heterocycles. The fourth-order valence-corrected chi connectivity index (χ4v) is 8.57. The molecular formula is C26H38N2S. The van der Waals surface area contributed by atoms with Gasteiger partial charge in [0, 0.05) is 24.5 Å². The first-order chi connectivity index (χ1) is 13.8. The highest BCUT2D eigenvalue weighted by atomic mass is 32.1. The molecule has 2 unspecified atom stereocenters. The molecule has 5 fully saturated rings. The Balaban J connectivity index is 1.49. The molecule has 0 amide bonds. The number of hydrogen-bond donors (Lipinski definition) is 1. The van der Waals surface area contributed by atoms with Crippen molar-refractivity contribution in [3.8, 4) is 0 Å². The number of nitrogens with zero attached hydrogens (tertiary/aromatic N) is 1. The lowest BCUT2D eigenvalue weighted by Crippen LogP contribution is -2.63. The van der Waals surface area contributed by atoms with E-state index in [1.54, 1.807) is 5.56 Å². The second kappa shape index (κ2) is 6.79. The Hall–Kier alpha value is -0.930. The number of rotatable bonds is 3. The summed E-state index contributed by atoms with van der Waals surface area (Å²) in [6.45, 7) is 9.15. The van der Waals surface area contributed by atoms with Gasteiger partial charge in [0.1, 0.15) is 0 Å². The van der Waals surface area contributed by atoms with Crippen LogP contribution in [0, 0.1) is 28.6 Å². The summed E-state index contributed by atoms with van der Waals surface area (Å²) in [6, 6.07) is 11.7. The molecule has 5 aliphatic rings. The minimum absolute atomic E-state index is 0.147. The van der Waals surface area contributed by atoms with Crippen LogP contribution in [0.5, 0.6) is 0 Å². The number of piperidine rings is 1. The summed E-state index contributed by atoms with van der Waals surface area (Å²) in [4.78, 5) is 3.87. The van der Waals surface area contributed by atoms with E-state index in [-0.39, 0.29) is 16.9 Å². The van der Waals surface area contributed by atoms with Gasteiger partial charge in [-0.3, -0.25) is 0 Å². The maximum absolute atomic E-state index is 6.44. The predicted octanol–water partition coefficient (Wildman–Crippen LogP) is 5.55. The summed E-state index contributed by atoms with van der Waals surface area (Å²) in [5, 5.41) is 0. The molecule has 6 rings (SSSR count). The van der Waals surface area contributed by atoms with Crippen LogP contribution in [0.15, 0.2) is 30.3 Å². The fraction of sp³-hybridized carbons (Fsp3) is 0.731. The van der Waals surface area contributed by atoms with Gasteiger partial charge >= 0.3 is 0 Å². The molecule has 4 bridgehead atoms. The van der Waals surface area contributed by atoms with Crippen molar-refractivity contribution in [2.45, 2.75) is 77.2 Å². The zero-order valence-electron chi connectivity index (χ0n) is 18.5. The van der Waals surface area contributed by atoms with Crippen molar-refractivity contribution in [2.24, 2.45) is 34.3 Å². The first-order valence-corrected chi connectivity index (χ1v) is 12.3. The second-order valence-electron chi connectivity index (χ2n) is 11.6. The molecule has 1 aliphatic heterocycles. The van der Waals surface area contributed by atoms with Gasteiger partial charge in [-0.05, 0) is 72.7 Å². The third-order valence-electron chi connectivity index (χ3n) is 9.41. The molecule has 0 aromatic heterocycles. The van der Waals surface area contributed by atoms with Crippen molar-refractivity contribution in [1.82, 2.24) is 4.90 Å². The minimum atomic E-state index is 0.147. The Kier molecular flexibility index (Phi) is 4.68. The van der Waals surface area contributed by atoms with E-state index in [9.17, 15) is 0 Å². The first-order valence-electron chi connectivity index (χ1n) is 11.9. The normalized spacial score (nSPS) is 42.8. The fourth-order valence-electron chi connectivity index (χ4n) is 8.17. The van der Waals surface area contributed by atoms with Crippen molar-refractivity contribution < 1.29 is 0 Å². The summed E-state index contributed by atoms with van der Waals surface area (Å²) >= 11 is 6.37. The van der Waals surface area contributed by atoms with Gasteiger partial charge in [0.25, 0.3) is 0 Å². The Labute approximate surface area is 182 Å². The lowest BCUT2D eigenvalue weighted by Gasteiger charge is -2.66. The molecular weight excluding hydrogens is 372 g/mol. The molecule has 1 aromatic rings. The molecule has 3 heteroatoms. The van der Waals surface area contributed by atoms with Crippen molar-refractivity contribution in [3.05, 3.63) is 35.9 Å². The topological polar surface area (TPSA) is 29.3 Å². The largest absolute Gasteiger partial charge is 0.365 e. The smallest absolute Gasteiger partial charge is 0.0842 e. The average molecular weight is 411 g/mol. The van der Waals surface area contributed by atoms with E-state index < -0.39 is 0 Å². The van der Waals surface area contributed by atoms with Crippen LogP contribution in [0.25, 0.3) is 0 Å². The van der Waals surface area contributed by atoms with Gasteiger partial charge in [0.2, 0.25) is 0 Å². The van der Waals surface area contributed by atoms with Gasteiger partial charge in [0.05, 0.1) is 4.99 Å². The molecule has 4 saturated carbocycles. The molecule has 1 aromatic carbocycles. The van der Waals surface area contributed by atoms with Crippen LogP contribution in [0.4, 0.5) is 0 Å². The first kappa shape index (κ1) is 20.0. The summed E-state index contributed by atoms with van der Waals surface area (Å²) in [7, 11) is 0. The van der Waals surface area contributed by atoms with Gasteiger partial charge in [-0.15, -0.1) is 0 Å². The van der Waals surface area contributed by atoms with E-state index in [2.05, 4.69) is 56.0 Å². The Morgan fingerprint density at radius 1 is 1.10 bits per heavy atom. The SMILES string of the molecule is CCC1C2CC3(C(=S)N4CC[C@H](N)C(C)(C)C4)CC1CC(c1ccccc1)(C2)C3. The van der Waals surface area contributed by atoms with E-state index in [0.29, 0.717) is 5.41 Å². The van der Waals surface area contributed by atoms with E-state index in [1.807, 2.05) is 0 Å². The highest BCUT2D eigenvalue weighted by molar-refractivity contribution is 7.80. The summed E-state index contributed by atoms with van der Waals surface area (Å²) in [5.41, 5.74) is 8.76. The van der Waals surface area contributed by atoms with Crippen LogP contribution >= 0.6 is 12.2 Å². The maximum Gasteiger partial charge on any atom is 0.0842 e. The van der Waals surface area contributed by atoms with Crippen LogP contribution in [-0.2, 0) is 5.41 Å². The molecule has 1 heterocycles. The Morgan fingerprint density at radius 3 is 2.34 bits per heavy atom. The number of thiocarbonyl (C=S) groups is 1. The number of nitrogens with two attached hydrogens (primary N) is 1. The highest BCUT2D eigenvalue weighted by Crippen LogP contribution is 2.68. The van der Waals surface area contributed by atoms with Crippen molar-refractivity contribution in [3.63, 3.8) is 0 Å². The zero-order chi connectivity index (χ0) is 20.4. The van der Waals surface area contributed by atoms with Gasteiger partial charge in [-0.2, -0.15) is 0 Å². The monoisotopic (exact) mass is 410 g/mol.